The Kier molecular flexibility index (Phi) is 7.74. The minimum absolute atomic E-state index is 0.0416. The number of hydrogen-bond acceptors (Lipinski definition) is 7. The van der Waals surface area contributed by atoms with Gasteiger partial charge in [-0.3, -0.25) is 13.9 Å². The van der Waals surface area contributed by atoms with Crippen molar-refractivity contribution in [3.8, 4) is 0 Å². The van der Waals surface area contributed by atoms with Crippen molar-refractivity contribution in [1.29, 1.82) is 0 Å². The van der Waals surface area contributed by atoms with Gasteiger partial charge in [0.25, 0.3) is 11.5 Å². The maximum Gasteiger partial charge on any atom is 0.327 e. The molecule has 0 saturated carbocycles. The number of rotatable bonds is 9. The van der Waals surface area contributed by atoms with Gasteiger partial charge in [-0.15, -0.1) is 5.10 Å². The molecule has 0 aliphatic rings. The molecule has 11 nitrogen and oxygen atoms in total. The van der Waals surface area contributed by atoms with Gasteiger partial charge in [-0.2, -0.15) is 0 Å². The Balaban J connectivity index is 1.57. The topological polar surface area (TPSA) is 152 Å². The molecule has 4 aromatic rings. The summed E-state index contributed by atoms with van der Waals surface area (Å²) in [6.45, 7) is -0.193. The predicted molar refractivity (Wildman–Crippen MR) is 143 cm³/mol. The molecule has 3 aromatic carbocycles. The zero-order valence-corrected chi connectivity index (χ0v) is 21.6. The van der Waals surface area contributed by atoms with Crippen molar-refractivity contribution in [3.05, 3.63) is 93.7 Å². The molecule has 38 heavy (non-hydrogen) atoms. The monoisotopic (exact) mass is 555 g/mol. The highest BCUT2D eigenvalue weighted by molar-refractivity contribution is 7.92. The third-order valence-electron chi connectivity index (χ3n) is 5.66. The van der Waals surface area contributed by atoms with Crippen LogP contribution in [0.15, 0.2) is 77.6 Å². The highest BCUT2D eigenvalue weighted by atomic mass is 35.5. The molecular weight excluding hydrogens is 534 g/mol. The molecule has 13 heteroatoms. The first kappa shape index (κ1) is 26.8. The lowest BCUT2D eigenvalue weighted by Gasteiger charge is -2.29. The number of nitrogens with zero attached hydrogens (tertiary/aromatic N) is 4. The molecule has 4 rings (SSSR count). The van der Waals surface area contributed by atoms with Crippen LogP contribution < -0.4 is 15.2 Å². The first-order valence-electron chi connectivity index (χ1n) is 11.3. The van der Waals surface area contributed by atoms with Crippen LogP contribution in [0.1, 0.15) is 16.8 Å². The van der Waals surface area contributed by atoms with Crippen molar-refractivity contribution in [2.75, 3.05) is 15.9 Å². The van der Waals surface area contributed by atoms with E-state index < -0.39 is 33.5 Å². The summed E-state index contributed by atoms with van der Waals surface area (Å²) < 4.78 is 27.1. The summed E-state index contributed by atoms with van der Waals surface area (Å²) in [5.74, 6) is -1.87. The van der Waals surface area contributed by atoms with Crippen molar-refractivity contribution in [3.63, 3.8) is 0 Å². The van der Waals surface area contributed by atoms with Gasteiger partial charge in [-0.25, -0.2) is 17.9 Å². The quantitative estimate of drug-likeness (QED) is 0.320. The fourth-order valence-electron chi connectivity index (χ4n) is 3.85. The van der Waals surface area contributed by atoms with E-state index in [0.29, 0.717) is 21.6 Å². The second kappa shape index (κ2) is 11.0. The summed E-state index contributed by atoms with van der Waals surface area (Å²) in [6, 6.07) is 17.0. The first-order chi connectivity index (χ1) is 18.0. The zero-order valence-electron chi connectivity index (χ0n) is 20.0. The van der Waals surface area contributed by atoms with Gasteiger partial charge >= 0.3 is 5.97 Å². The van der Waals surface area contributed by atoms with Crippen LogP contribution in [0.25, 0.3) is 10.9 Å². The van der Waals surface area contributed by atoms with Gasteiger partial charge in [-0.05, 0) is 67.1 Å². The fourth-order valence-corrected chi connectivity index (χ4v) is 5.14. The number of nitrogens with one attached hydrogen (secondary N) is 1. The second-order valence-electron chi connectivity index (χ2n) is 8.34. The summed E-state index contributed by atoms with van der Waals surface area (Å²) in [4.78, 5) is 37.5. The van der Waals surface area contributed by atoms with E-state index in [1.165, 1.54) is 24.3 Å². The number of carboxylic acid groups (broad SMARTS) is 1. The fraction of sp³-hybridized carbons (Fsp3) is 0.160. The van der Waals surface area contributed by atoms with E-state index in [4.69, 9.17) is 11.6 Å². The van der Waals surface area contributed by atoms with Gasteiger partial charge in [0.1, 0.15) is 11.6 Å². The van der Waals surface area contributed by atoms with Gasteiger partial charge in [-0.1, -0.05) is 28.9 Å². The minimum Gasteiger partial charge on any atom is -0.480 e. The van der Waals surface area contributed by atoms with Gasteiger partial charge in [0.15, 0.2) is 0 Å². The van der Waals surface area contributed by atoms with E-state index in [0.717, 1.165) is 15.2 Å². The number of benzene rings is 3. The third-order valence-corrected chi connectivity index (χ3v) is 7.09. The molecule has 0 aliphatic carbocycles. The number of fused-ring (bicyclic) bond motifs is 1. The molecule has 0 spiro atoms. The normalized spacial score (nSPS) is 12.2. The highest BCUT2D eigenvalue weighted by Gasteiger charge is 2.33. The number of sulfonamides is 1. The van der Waals surface area contributed by atoms with Crippen molar-refractivity contribution in [2.45, 2.75) is 19.0 Å². The Labute approximate surface area is 222 Å². The average Bonchev–Trinajstić information content (AvgIpc) is 2.88. The standard InChI is InChI=1S/C25H22ClN5O6S/c1-38(36,37)31(19-12-6-16(7-13-19)23(32)27-18-10-8-17(26)9-11-18)22(25(34)35)14-15-30-24(33)20-4-2-3-5-21(20)28-29-30/h2-13,22H,14-15H2,1H3,(H,27,32)(H,34,35). The van der Waals surface area contributed by atoms with Crippen LogP contribution in [0, 0.1) is 0 Å². The molecular formula is C25H22ClN5O6S. The van der Waals surface area contributed by atoms with Crippen LogP contribution >= 0.6 is 11.6 Å². The number of halogens is 1. The smallest absolute Gasteiger partial charge is 0.327 e. The van der Waals surface area contributed by atoms with Crippen LogP contribution in [0.2, 0.25) is 5.02 Å². The Morgan fingerprint density at radius 2 is 1.71 bits per heavy atom. The number of carbonyl (C=O) groups excluding carboxylic acids is 1. The number of amides is 1. The van der Waals surface area contributed by atoms with Crippen molar-refractivity contribution in [1.82, 2.24) is 15.0 Å². The van der Waals surface area contributed by atoms with Gasteiger partial charge in [0.05, 0.1) is 17.3 Å². The molecule has 1 atom stereocenters. The number of carboxylic acids is 1. The maximum atomic E-state index is 12.7. The summed E-state index contributed by atoms with van der Waals surface area (Å²) in [5, 5.41) is 21.2. The molecule has 0 radical (unpaired) electrons. The van der Waals surface area contributed by atoms with E-state index in [-0.39, 0.29) is 24.2 Å². The lowest BCUT2D eigenvalue weighted by atomic mass is 10.1. The number of aryl methyl sites for hydroxylation is 1. The van der Waals surface area contributed by atoms with Crippen molar-refractivity contribution < 1.29 is 23.1 Å². The van der Waals surface area contributed by atoms with E-state index >= 15 is 0 Å². The molecule has 0 saturated heterocycles. The van der Waals surface area contributed by atoms with E-state index in [1.807, 2.05) is 0 Å². The number of anilines is 2. The Hall–Kier alpha value is -4.29. The number of hydrogen-bond donors (Lipinski definition) is 2. The van der Waals surface area contributed by atoms with Crippen molar-refractivity contribution >= 4 is 55.8 Å². The largest absolute Gasteiger partial charge is 0.480 e. The average molecular weight is 556 g/mol. The maximum absolute atomic E-state index is 12.7. The van der Waals surface area contributed by atoms with Gasteiger partial charge < -0.3 is 10.4 Å². The highest BCUT2D eigenvalue weighted by Crippen LogP contribution is 2.24. The van der Waals surface area contributed by atoms with Crippen LogP contribution in [0.3, 0.4) is 0 Å². The van der Waals surface area contributed by atoms with Crippen molar-refractivity contribution in [2.24, 2.45) is 0 Å². The first-order valence-corrected chi connectivity index (χ1v) is 13.5. The van der Waals surface area contributed by atoms with E-state index in [9.17, 15) is 27.9 Å². The lowest BCUT2D eigenvalue weighted by Crippen LogP contribution is -2.46. The minimum atomic E-state index is -4.08. The lowest BCUT2D eigenvalue weighted by molar-refractivity contribution is -0.138. The van der Waals surface area contributed by atoms with E-state index in [2.05, 4.69) is 15.6 Å². The Bertz CT molecular complexity index is 1660. The molecule has 0 bridgehead atoms. The molecule has 1 aromatic heterocycles. The van der Waals surface area contributed by atoms with Crippen LogP contribution in [0.4, 0.5) is 11.4 Å². The summed E-state index contributed by atoms with van der Waals surface area (Å²) in [6.07, 6.45) is 0.611. The molecule has 196 valence electrons. The van der Waals surface area contributed by atoms with Crippen LogP contribution in [0.5, 0.6) is 0 Å². The third kappa shape index (κ3) is 5.98. The molecule has 0 aliphatic heterocycles. The summed E-state index contributed by atoms with van der Waals surface area (Å²) >= 11 is 5.85. The molecule has 0 fully saturated rings. The molecule has 1 unspecified atom stereocenters. The van der Waals surface area contributed by atoms with E-state index in [1.54, 1.807) is 48.5 Å². The summed E-state index contributed by atoms with van der Waals surface area (Å²) in [7, 11) is -4.08. The van der Waals surface area contributed by atoms with Gasteiger partial charge in [0, 0.05) is 22.8 Å². The zero-order chi connectivity index (χ0) is 27.4. The van der Waals surface area contributed by atoms with Crippen LogP contribution in [-0.2, 0) is 21.4 Å². The second-order valence-corrected chi connectivity index (χ2v) is 10.6. The predicted octanol–water partition coefficient (Wildman–Crippen LogP) is 3.01. The number of carbonyl (C=O) groups is 2. The van der Waals surface area contributed by atoms with Crippen LogP contribution in [-0.4, -0.2) is 52.7 Å². The molecule has 2 N–H and O–H groups in total. The Morgan fingerprint density at radius 1 is 1.05 bits per heavy atom. The SMILES string of the molecule is CS(=O)(=O)N(c1ccc(C(=O)Nc2ccc(Cl)cc2)cc1)C(CCn1nnc2ccccc2c1=O)C(=O)O. The summed E-state index contributed by atoms with van der Waals surface area (Å²) in [5.41, 5.74) is 0.698. The number of aliphatic carboxylic acids is 1. The number of aromatic nitrogens is 3. The Morgan fingerprint density at radius 3 is 2.34 bits per heavy atom. The molecule has 1 amide bonds. The van der Waals surface area contributed by atoms with Gasteiger partial charge in [0.2, 0.25) is 10.0 Å². The molecule has 1 heterocycles.